The Balaban J connectivity index is 0.763. The minimum absolute atomic E-state index is 0.0980. The first-order chi connectivity index (χ1) is 24.3. The van der Waals surface area contributed by atoms with Crippen molar-refractivity contribution in [1.82, 2.24) is 34.9 Å². The Morgan fingerprint density at radius 2 is 1.76 bits per heavy atom. The Morgan fingerprint density at radius 3 is 2.56 bits per heavy atom. The lowest BCUT2D eigenvalue weighted by atomic mass is 9.77. The number of piperazine rings is 1. The Bertz CT molecular complexity index is 2050. The minimum atomic E-state index is -0.963. The van der Waals surface area contributed by atoms with Crippen LogP contribution in [0.5, 0.6) is 0 Å². The smallest absolute Gasteiger partial charge is 0.262 e. The van der Waals surface area contributed by atoms with Crippen LogP contribution < -0.4 is 15.5 Å². The maximum Gasteiger partial charge on any atom is 0.262 e. The summed E-state index contributed by atoms with van der Waals surface area (Å²) < 4.78 is 2.07. The fraction of sp³-hybridized carbons (Fsp3) is 0.432. The number of likely N-dealkylation sites (N-methyl/N-ethyl adjacent to an activating group) is 1. The quantitative estimate of drug-likeness (QED) is 0.200. The van der Waals surface area contributed by atoms with Gasteiger partial charge in [0, 0.05) is 61.3 Å². The van der Waals surface area contributed by atoms with E-state index < -0.39 is 23.8 Å². The molecule has 9 rings (SSSR count). The highest BCUT2D eigenvalue weighted by molar-refractivity contribution is 6.23. The van der Waals surface area contributed by atoms with Crippen molar-refractivity contribution in [1.29, 1.82) is 0 Å². The zero-order valence-electron chi connectivity index (χ0n) is 27.9. The summed E-state index contributed by atoms with van der Waals surface area (Å²) in [6, 6.07) is 12.2. The van der Waals surface area contributed by atoms with Gasteiger partial charge in [-0.15, -0.1) is 0 Å². The molecule has 2 N–H and O–H groups in total. The van der Waals surface area contributed by atoms with Gasteiger partial charge < -0.3 is 10.2 Å². The van der Waals surface area contributed by atoms with Gasteiger partial charge in [0.05, 0.1) is 46.3 Å². The second kappa shape index (κ2) is 12.0. The number of aromatic nitrogens is 4. The van der Waals surface area contributed by atoms with E-state index in [4.69, 9.17) is 15.1 Å². The molecule has 3 saturated heterocycles. The monoisotopic (exact) mass is 673 g/mol. The van der Waals surface area contributed by atoms with Crippen LogP contribution in [0.3, 0.4) is 0 Å². The van der Waals surface area contributed by atoms with E-state index >= 15 is 0 Å². The first kappa shape index (κ1) is 30.9. The molecule has 13 nitrogen and oxygen atoms in total. The van der Waals surface area contributed by atoms with E-state index in [0.29, 0.717) is 24.0 Å². The van der Waals surface area contributed by atoms with Crippen molar-refractivity contribution >= 4 is 46.0 Å². The van der Waals surface area contributed by atoms with Crippen LogP contribution in [0.4, 0.5) is 11.4 Å². The Labute approximate surface area is 289 Å². The average molecular weight is 674 g/mol. The lowest BCUT2D eigenvalue weighted by Crippen LogP contribution is -2.54. The van der Waals surface area contributed by atoms with E-state index in [9.17, 15) is 19.2 Å². The number of hydrogen-bond donors (Lipinski definition) is 2. The van der Waals surface area contributed by atoms with Gasteiger partial charge in [-0.1, -0.05) is 0 Å². The molecule has 4 aliphatic heterocycles. The molecule has 5 aliphatic rings. The zero-order chi connectivity index (χ0) is 34.1. The predicted octanol–water partition coefficient (Wildman–Crippen LogP) is 3.63. The summed E-state index contributed by atoms with van der Waals surface area (Å²) in [5.74, 6) is -1.36. The van der Waals surface area contributed by atoms with E-state index in [1.54, 1.807) is 18.2 Å². The number of nitrogens with one attached hydrogen (secondary N) is 2. The molecule has 4 aromatic rings. The molecule has 2 bridgehead atoms. The molecule has 256 valence electrons. The van der Waals surface area contributed by atoms with Gasteiger partial charge in [-0.3, -0.25) is 44.0 Å². The van der Waals surface area contributed by atoms with Crippen LogP contribution in [0.2, 0.25) is 0 Å². The maximum atomic E-state index is 13.1. The summed E-state index contributed by atoms with van der Waals surface area (Å²) in [7, 11) is 2.22. The van der Waals surface area contributed by atoms with Crippen LogP contribution in [0.25, 0.3) is 22.3 Å². The van der Waals surface area contributed by atoms with E-state index in [1.807, 2.05) is 12.4 Å². The molecule has 4 fully saturated rings. The summed E-state index contributed by atoms with van der Waals surface area (Å²) >= 11 is 0. The Hall–Kier alpha value is -5.17. The summed E-state index contributed by atoms with van der Waals surface area (Å²) in [6.07, 6.45) is 11.5. The van der Waals surface area contributed by atoms with Crippen molar-refractivity contribution < 1.29 is 19.2 Å². The number of benzene rings is 2. The summed E-state index contributed by atoms with van der Waals surface area (Å²) in [6.45, 7) is 2.92. The second-order valence-corrected chi connectivity index (χ2v) is 14.5. The van der Waals surface area contributed by atoms with Crippen molar-refractivity contribution in [2.24, 2.45) is 5.92 Å². The highest BCUT2D eigenvalue weighted by atomic mass is 16.2. The van der Waals surface area contributed by atoms with Crippen molar-refractivity contribution in [2.45, 2.75) is 69.1 Å². The molecule has 2 aromatic carbocycles. The number of nitrogens with zero attached hydrogens (tertiary/aromatic N) is 7. The van der Waals surface area contributed by atoms with Gasteiger partial charge in [0.1, 0.15) is 6.04 Å². The third-order valence-electron chi connectivity index (χ3n) is 11.4. The van der Waals surface area contributed by atoms with E-state index in [-0.39, 0.29) is 29.9 Å². The number of rotatable bonds is 9. The minimum Gasteiger partial charge on any atom is -0.385 e. The van der Waals surface area contributed by atoms with E-state index in [1.165, 1.54) is 12.1 Å². The number of imide groups is 2. The number of carbonyl (C=O) groups excluding carboxylic acids is 4. The summed E-state index contributed by atoms with van der Waals surface area (Å²) in [5, 5.41) is 10.3. The fourth-order valence-corrected chi connectivity index (χ4v) is 8.53. The topological polar surface area (TPSA) is 146 Å². The van der Waals surface area contributed by atoms with Gasteiger partial charge in [0.2, 0.25) is 11.8 Å². The zero-order valence-corrected chi connectivity index (χ0v) is 27.9. The van der Waals surface area contributed by atoms with E-state index in [2.05, 4.69) is 56.6 Å². The molecule has 0 radical (unpaired) electrons. The third-order valence-corrected chi connectivity index (χ3v) is 11.4. The van der Waals surface area contributed by atoms with Crippen LogP contribution in [0, 0.1) is 5.92 Å². The van der Waals surface area contributed by atoms with Crippen molar-refractivity contribution in [2.75, 3.05) is 36.9 Å². The molecule has 1 unspecified atom stereocenters. The lowest BCUT2D eigenvalue weighted by molar-refractivity contribution is -0.136. The molecule has 3 atom stereocenters. The fourth-order valence-electron chi connectivity index (χ4n) is 8.53. The number of piperidine rings is 1. The van der Waals surface area contributed by atoms with Gasteiger partial charge in [-0.25, -0.2) is 4.98 Å². The number of amides is 4. The van der Waals surface area contributed by atoms with E-state index in [0.717, 1.165) is 78.2 Å². The number of hydrogen-bond acceptors (Lipinski definition) is 10. The molecule has 2 aromatic heterocycles. The number of likely N-dealkylation sites (tertiary alicyclic amines) is 1. The molecular weight excluding hydrogens is 634 g/mol. The van der Waals surface area contributed by atoms with Crippen LogP contribution in [-0.2, 0) is 9.59 Å². The van der Waals surface area contributed by atoms with Crippen molar-refractivity contribution in [3.05, 3.63) is 66.1 Å². The number of carbonyl (C=O) groups is 4. The Kier molecular flexibility index (Phi) is 7.41. The van der Waals surface area contributed by atoms with Gasteiger partial charge >= 0.3 is 0 Å². The number of fused-ring (bicyclic) bond motifs is 4. The van der Waals surface area contributed by atoms with Gasteiger partial charge in [0.15, 0.2) is 0 Å². The first-order valence-corrected chi connectivity index (χ1v) is 17.7. The molecule has 13 heteroatoms. The van der Waals surface area contributed by atoms with Gasteiger partial charge in [0.25, 0.3) is 11.8 Å². The third kappa shape index (κ3) is 5.31. The molecule has 50 heavy (non-hydrogen) atoms. The van der Waals surface area contributed by atoms with Crippen molar-refractivity contribution in [3.63, 3.8) is 0 Å². The molecule has 0 spiro atoms. The lowest BCUT2D eigenvalue weighted by Gasteiger charge is -2.35. The standard InChI is InChI=1S/C37H39N9O4/c1-43-19-27-14-26(43)20-44(27)24-5-7-30-31(15-24)41-32(17-39-30)22-16-40-45(18-22)25-11-21(12-25)3-2-10-38-23-4-6-28-29(13-23)37(50)46(36(28)49)33-8-9-34(47)42-35(33)48/h4-7,13,15-18,21,25-27,33,38H,2-3,8-12,14,19-20H2,1H3,(H,42,47,48)/t21-,25+,26-,27-,33?/m1/s1. The highest BCUT2D eigenvalue weighted by Gasteiger charge is 2.45. The largest absolute Gasteiger partial charge is 0.385 e. The number of anilines is 2. The SMILES string of the molecule is CN1C[C@H]2C[C@@H]1CN2c1ccc2ncc(-c3cnn([C@H]4C[C@@H](CCCNc5ccc6c(c5)C(=O)N(C5CCC(=O)NC5=O)C6=O)C4)c3)nc2c1. The van der Waals surface area contributed by atoms with Crippen molar-refractivity contribution in [3.8, 4) is 11.3 Å². The molecule has 4 amide bonds. The second-order valence-electron chi connectivity index (χ2n) is 14.5. The van der Waals surface area contributed by atoms with Gasteiger partial charge in [-0.05, 0) is 87.9 Å². The van der Waals surface area contributed by atoms with Crippen LogP contribution >= 0.6 is 0 Å². The molecular formula is C37H39N9O4. The molecule has 1 saturated carbocycles. The Morgan fingerprint density at radius 1 is 0.900 bits per heavy atom. The highest BCUT2D eigenvalue weighted by Crippen LogP contribution is 2.41. The van der Waals surface area contributed by atoms with Gasteiger partial charge in [-0.2, -0.15) is 5.10 Å². The van der Waals surface area contributed by atoms with Crippen LogP contribution in [0.1, 0.15) is 71.7 Å². The summed E-state index contributed by atoms with van der Waals surface area (Å²) in [4.78, 5) is 65.6. The predicted molar refractivity (Wildman–Crippen MR) is 186 cm³/mol. The average Bonchev–Trinajstić information content (AvgIpc) is 3.88. The van der Waals surface area contributed by atoms with Crippen LogP contribution in [-0.4, -0.2) is 98.0 Å². The first-order valence-electron chi connectivity index (χ1n) is 17.7. The molecule has 6 heterocycles. The normalized spacial score (nSPS) is 26.1. The maximum absolute atomic E-state index is 13.1. The molecule has 1 aliphatic carbocycles. The van der Waals surface area contributed by atoms with Crippen LogP contribution in [0.15, 0.2) is 55.0 Å². The summed E-state index contributed by atoms with van der Waals surface area (Å²) in [5.41, 5.74) is 6.19.